The van der Waals surface area contributed by atoms with Gasteiger partial charge >= 0.3 is 0 Å². The van der Waals surface area contributed by atoms with Gasteiger partial charge in [0.15, 0.2) is 0 Å². The van der Waals surface area contributed by atoms with E-state index < -0.39 is 0 Å². The lowest BCUT2D eigenvalue weighted by atomic mass is 9.96. The Morgan fingerprint density at radius 2 is 1.93 bits per heavy atom. The van der Waals surface area contributed by atoms with E-state index in [1.165, 1.54) is 42.4 Å². The Hall–Kier alpha value is -1.30. The van der Waals surface area contributed by atoms with Crippen molar-refractivity contribution >= 4 is 5.57 Å². The van der Waals surface area contributed by atoms with Crippen LogP contribution in [-0.4, -0.2) is 0 Å². The van der Waals surface area contributed by atoms with Crippen molar-refractivity contribution in [1.29, 1.82) is 0 Å². The van der Waals surface area contributed by atoms with Gasteiger partial charge in [-0.1, -0.05) is 55.8 Å². The topological polar surface area (TPSA) is 0 Å². The van der Waals surface area contributed by atoms with Crippen LogP contribution in [0.3, 0.4) is 0 Å². The maximum Gasteiger partial charge on any atom is -0.0224 e. The van der Waals surface area contributed by atoms with Crippen molar-refractivity contribution in [3.63, 3.8) is 0 Å². The minimum absolute atomic E-state index is 1.18. The van der Waals surface area contributed by atoms with Crippen molar-refractivity contribution in [2.24, 2.45) is 0 Å². The molecule has 0 heteroatoms. The average molecular weight is 198 g/mol. The van der Waals surface area contributed by atoms with Gasteiger partial charge in [0, 0.05) is 0 Å². The van der Waals surface area contributed by atoms with Crippen molar-refractivity contribution in [1.82, 2.24) is 0 Å². The molecule has 0 fully saturated rings. The van der Waals surface area contributed by atoms with E-state index >= 15 is 0 Å². The zero-order valence-electron chi connectivity index (χ0n) is 9.37. The lowest BCUT2D eigenvalue weighted by Gasteiger charge is -2.09. The van der Waals surface area contributed by atoms with Crippen LogP contribution >= 0.6 is 0 Å². The fourth-order valence-corrected chi connectivity index (χ4v) is 2.02. The van der Waals surface area contributed by atoms with Crippen molar-refractivity contribution in [3.8, 4) is 0 Å². The highest BCUT2D eigenvalue weighted by molar-refractivity contribution is 5.68. The third kappa shape index (κ3) is 2.59. The second kappa shape index (κ2) is 4.97. The highest BCUT2D eigenvalue weighted by atomic mass is 14.1. The summed E-state index contributed by atoms with van der Waals surface area (Å²) in [5.74, 6) is 0. The van der Waals surface area contributed by atoms with E-state index in [9.17, 15) is 0 Å². The SMILES string of the molecule is CCCc1ccc(C2=CC=CCC2)cc1. The van der Waals surface area contributed by atoms with Crippen LogP contribution in [0.2, 0.25) is 0 Å². The number of allylic oxidation sites excluding steroid dienone is 4. The predicted octanol–water partition coefficient (Wildman–Crippen LogP) is 4.37. The van der Waals surface area contributed by atoms with Crippen LogP contribution in [-0.2, 0) is 6.42 Å². The number of aryl methyl sites for hydroxylation is 1. The lowest BCUT2D eigenvalue weighted by molar-refractivity contribution is 0.921. The number of rotatable bonds is 3. The Bertz CT molecular complexity index is 366. The summed E-state index contributed by atoms with van der Waals surface area (Å²) in [6.45, 7) is 2.22. The van der Waals surface area contributed by atoms with E-state index in [0.29, 0.717) is 0 Å². The van der Waals surface area contributed by atoms with Crippen LogP contribution in [0.1, 0.15) is 37.3 Å². The van der Waals surface area contributed by atoms with Crippen LogP contribution in [0.4, 0.5) is 0 Å². The summed E-state index contributed by atoms with van der Waals surface area (Å²) in [6, 6.07) is 9.04. The molecule has 1 aromatic carbocycles. The van der Waals surface area contributed by atoms with Crippen molar-refractivity contribution < 1.29 is 0 Å². The molecule has 0 saturated heterocycles. The first-order valence-electron chi connectivity index (χ1n) is 5.85. The normalized spacial score (nSPS) is 15.1. The molecule has 0 heterocycles. The van der Waals surface area contributed by atoms with Crippen molar-refractivity contribution in [2.75, 3.05) is 0 Å². The molecule has 0 atom stereocenters. The smallest absolute Gasteiger partial charge is 0.0224 e. The summed E-state index contributed by atoms with van der Waals surface area (Å²) in [5, 5.41) is 0. The largest absolute Gasteiger partial charge is 0.0842 e. The third-order valence-electron chi connectivity index (χ3n) is 2.88. The summed E-state index contributed by atoms with van der Waals surface area (Å²) in [6.07, 6.45) is 11.4. The average Bonchev–Trinajstić information content (AvgIpc) is 2.32. The van der Waals surface area contributed by atoms with Gasteiger partial charge < -0.3 is 0 Å². The molecule has 1 aromatic rings. The van der Waals surface area contributed by atoms with E-state index in [1.807, 2.05) is 0 Å². The molecule has 0 spiro atoms. The van der Waals surface area contributed by atoms with Gasteiger partial charge in [-0.3, -0.25) is 0 Å². The Morgan fingerprint density at radius 1 is 1.13 bits per heavy atom. The highest BCUT2D eigenvalue weighted by Gasteiger charge is 2.02. The summed E-state index contributed by atoms with van der Waals surface area (Å²) >= 11 is 0. The monoisotopic (exact) mass is 198 g/mol. The summed E-state index contributed by atoms with van der Waals surface area (Å²) < 4.78 is 0. The van der Waals surface area contributed by atoms with Crippen LogP contribution in [0.15, 0.2) is 42.5 Å². The van der Waals surface area contributed by atoms with E-state index in [0.717, 1.165) is 0 Å². The molecule has 1 aliphatic carbocycles. The minimum atomic E-state index is 1.18. The Balaban J connectivity index is 2.16. The fraction of sp³-hybridized carbons (Fsp3) is 0.333. The maximum atomic E-state index is 2.26. The molecule has 0 amide bonds. The van der Waals surface area contributed by atoms with Crippen LogP contribution in [0.5, 0.6) is 0 Å². The predicted molar refractivity (Wildman–Crippen MR) is 66.8 cm³/mol. The van der Waals surface area contributed by atoms with Gasteiger partial charge in [-0.15, -0.1) is 0 Å². The van der Waals surface area contributed by atoms with E-state index in [4.69, 9.17) is 0 Å². The van der Waals surface area contributed by atoms with Gasteiger partial charge in [0.25, 0.3) is 0 Å². The van der Waals surface area contributed by atoms with Gasteiger partial charge in [-0.2, -0.15) is 0 Å². The first-order valence-corrected chi connectivity index (χ1v) is 5.85. The molecule has 0 aromatic heterocycles. The Kier molecular flexibility index (Phi) is 3.39. The van der Waals surface area contributed by atoms with E-state index in [-0.39, 0.29) is 0 Å². The molecule has 78 valence electrons. The molecule has 0 unspecified atom stereocenters. The highest BCUT2D eigenvalue weighted by Crippen LogP contribution is 2.23. The molecule has 15 heavy (non-hydrogen) atoms. The molecule has 0 radical (unpaired) electrons. The van der Waals surface area contributed by atoms with Gasteiger partial charge in [-0.05, 0) is 36.0 Å². The molecular formula is C15H18. The zero-order chi connectivity index (χ0) is 10.5. The summed E-state index contributed by atoms with van der Waals surface area (Å²) in [7, 11) is 0. The summed E-state index contributed by atoms with van der Waals surface area (Å²) in [4.78, 5) is 0. The second-order valence-corrected chi connectivity index (χ2v) is 4.11. The first-order chi connectivity index (χ1) is 7.40. The molecule has 0 aliphatic heterocycles. The zero-order valence-corrected chi connectivity index (χ0v) is 9.37. The minimum Gasteiger partial charge on any atom is -0.0842 e. The molecule has 0 bridgehead atoms. The van der Waals surface area contributed by atoms with Crippen molar-refractivity contribution in [2.45, 2.75) is 32.6 Å². The fourth-order valence-electron chi connectivity index (χ4n) is 2.02. The molecule has 2 rings (SSSR count). The standard InChI is InChI=1S/C15H18/c1-2-6-13-9-11-15(12-10-13)14-7-4-3-5-8-14/h3-4,7,9-12H,2,5-6,8H2,1H3. The van der Waals surface area contributed by atoms with Crippen molar-refractivity contribution in [3.05, 3.63) is 53.6 Å². The maximum absolute atomic E-state index is 2.26. The second-order valence-electron chi connectivity index (χ2n) is 4.11. The molecule has 0 N–H and O–H groups in total. The van der Waals surface area contributed by atoms with E-state index in [2.05, 4.69) is 49.4 Å². The van der Waals surface area contributed by atoms with Crippen LogP contribution in [0.25, 0.3) is 5.57 Å². The van der Waals surface area contributed by atoms with E-state index in [1.54, 1.807) is 0 Å². The molecule has 1 aliphatic rings. The lowest BCUT2D eigenvalue weighted by Crippen LogP contribution is -1.89. The summed E-state index contributed by atoms with van der Waals surface area (Å²) in [5.41, 5.74) is 4.31. The van der Waals surface area contributed by atoms with Crippen LogP contribution in [0, 0.1) is 0 Å². The molecule has 0 saturated carbocycles. The first kappa shape index (κ1) is 10.2. The van der Waals surface area contributed by atoms with Gasteiger partial charge in [0.1, 0.15) is 0 Å². The number of hydrogen-bond donors (Lipinski definition) is 0. The molecular weight excluding hydrogens is 180 g/mol. The number of benzene rings is 1. The number of hydrogen-bond acceptors (Lipinski definition) is 0. The van der Waals surface area contributed by atoms with Crippen LogP contribution < -0.4 is 0 Å². The Labute approximate surface area is 92.3 Å². The third-order valence-corrected chi connectivity index (χ3v) is 2.88. The van der Waals surface area contributed by atoms with Gasteiger partial charge in [0.05, 0.1) is 0 Å². The molecule has 0 nitrogen and oxygen atoms in total. The van der Waals surface area contributed by atoms with Gasteiger partial charge in [-0.25, -0.2) is 0 Å². The quantitative estimate of drug-likeness (QED) is 0.676. The van der Waals surface area contributed by atoms with Gasteiger partial charge in [0.2, 0.25) is 0 Å². The Morgan fingerprint density at radius 3 is 2.53 bits per heavy atom.